The average Bonchev–Trinajstić information content (AvgIpc) is 2.25. The lowest BCUT2D eigenvalue weighted by Crippen LogP contribution is -2.30. The molecule has 0 aliphatic heterocycles. The van der Waals surface area contributed by atoms with E-state index in [-0.39, 0.29) is 17.4 Å². The van der Waals surface area contributed by atoms with Crippen LogP contribution in [0.1, 0.15) is 39.2 Å². The molecule has 1 N–H and O–H groups in total. The van der Waals surface area contributed by atoms with Crippen molar-refractivity contribution in [1.29, 1.82) is 0 Å². The highest BCUT2D eigenvalue weighted by atomic mass is 19.1. The van der Waals surface area contributed by atoms with E-state index in [4.69, 9.17) is 0 Å². The fourth-order valence-corrected chi connectivity index (χ4v) is 1.83. The molecule has 1 aromatic rings. The molecule has 0 bridgehead atoms. The Morgan fingerprint density at radius 3 is 2.06 bits per heavy atom. The summed E-state index contributed by atoms with van der Waals surface area (Å²) in [4.78, 5) is 0. The third-order valence-electron chi connectivity index (χ3n) is 3.16. The molecule has 0 saturated heterocycles. The minimum Gasteiger partial charge on any atom is -0.314 e. The summed E-state index contributed by atoms with van der Waals surface area (Å²) in [6.45, 7) is 8.74. The van der Waals surface area contributed by atoms with E-state index in [1.807, 2.05) is 13.8 Å². The maximum Gasteiger partial charge on any atom is 0.129 e. The summed E-state index contributed by atoms with van der Waals surface area (Å²) >= 11 is 0. The zero-order chi connectivity index (χ0) is 13.0. The Hall–Kier alpha value is -0.960. The molecule has 2 unspecified atom stereocenters. The van der Waals surface area contributed by atoms with Gasteiger partial charge in [-0.15, -0.1) is 0 Å². The minimum atomic E-state index is -0.450. The Morgan fingerprint density at radius 1 is 1.06 bits per heavy atom. The average molecular weight is 241 g/mol. The topological polar surface area (TPSA) is 12.0 Å². The van der Waals surface area contributed by atoms with Crippen molar-refractivity contribution in [2.45, 2.75) is 39.7 Å². The van der Waals surface area contributed by atoms with Gasteiger partial charge in [-0.3, -0.25) is 0 Å². The summed E-state index contributed by atoms with van der Waals surface area (Å²) in [5.41, 5.74) is 0.200. The first-order valence-electron chi connectivity index (χ1n) is 6.10. The van der Waals surface area contributed by atoms with Gasteiger partial charge in [-0.1, -0.05) is 33.8 Å². The molecule has 0 aliphatic carbocycles. The largest absolute Gasteiger partial charge is 0.314 e. The van der Waals surface area contributed by atoms with E-state index < -0.39 is 11.6 Å². The molecular weight excluding hydrogens is 220 g/mol. The Morgan fingerprint density at radius 2 is 1.59 bits per heavy atom. The first kappa shape index (κ1) is 14.1. The van der Waals surface area contributed by atoms with Crippen molar-refractivity contribution < 1.29 is 8.78 Å². The standard InChI is InChI=1S/C14H21F2N/c1-9(2)17-8-10(3)11(4)14-12(15)6-5-7-13(14)16/h5-7,9-11,17H,8H2,1-4H3. The molecule has 0 aliphatic rings. The summed E-state index contributed by atoms with van der Waals surface area (Å²) in [5.74, 6) is -0.853. The van der Waals surface area contributed by atoms with Crippen LogP contribution in [0, 0.1) is 17.6 Å². The van der Waals surface area contributed by atoms with Gasteiger partial charge in [-0.2, -0.15) is 0 Å². The molecule has 0 radical (unpaired) electrons. The lowest BCUT2D eigenvalue weighted by molar-refractivity contribution is 0.404. The Labute approximate surface area is 102 Å². The van der Waals surface area contributed by atoms with Crippen molar-refractivity contribution in [1.82, 2.24) is 5.32 Å². The Balaban J connectivity index is 2.78. The lowest BCUT2D eigenvalue weighted by Gasteiger charge is -2.22. The molecule has 17 heavy (non-hydrogen) atoms. The molecule has 0 fully saturated rings. The predicted octanol–water partition coefficient (Wildman–Crippen LogP) is 3.70. The van der Waals surface area contributed by atoms with Gasteiger partial charge < -0.3 is 5.32 Å². The predicted molar refractivity (Wildman–Crippen MR) is 67.1 cm³/mol. The molecule has 96 valence electrons. The second-order valence-corrected chi connectivity index (χ2v) is 4.96. The Bertz CT molecular complexity index is 343. The number of nitrogens with one attached hydrogen (secondary N) is 1. The molecule has 0 saturated carbocycles. The van der Waals surface area contributed by atoms with E-state index in [9.17, 15) is 8.78 Å². The molecule has 3 heteroatoms. The summed E-state index contributed by atoms with van der Waals surface area (Å²) in [6.07, 6.45) is 0. The van der Waals surface area contributed by atoms with Gasteiger partial charge >= 0.3 is 0 Å². The smallest absolute Gasteiger partial charge is 0.129 e. The van der Waals surface area contributed by atoms with Crippen LogP contribution in [0.5, 0.6) is 0 Å². The van der Waals surface area contributed by atoms with Crippen LogP contribution in [0.25, 0.3) is 0 Å². The van der Waals surface area contributed by atoms with E-state index in [0.717, 1.165) is 6.54 Å². The lowest BCUT2D eigenvalue weighted by atomic mass is 9.88. The molecule has 1 nitrogen and oxygen atoms in total. The summed E-state index contributed by atoms with van der Waals surface area (Å²) in [6, 6.07) is 4.42. The molecule has 0 spiro atoms. The first-order valence-corrected chi connectivity index (χ1v) is 6.10. The highest BCUT2D eigenvalue weighted by molar-refractivity contribution is 5.23. The van der Waals surface area contributed by atoms with Crippen LogP contribution in [-0.4, -0.2) is 12.6 Å². The third kappa shape index (κ3) is 3.77. The molecule has 0 aromatic heterocycles. The van der Waals surface area contributed by atoms with Crippen LogP contribution >= 0.6 is 0 Å². The van der Waals surface area contributed by atoms with Gasteiger partial charge in [-0.25, -0.2) is 8.78 Å². The van der Waals surface area contributed by atoms with Crippen molar-refractivity contribution in [2.24, 2.45) is 5.92 Å². The van der Waals surface area contributed by atoms with E-state index in [1.165, 1.54) is 18.2 Å². The summed E-state index contributed by atoms with van der Waals surface area (Å²) < 4.78 is 27.2. The second-order valence-electron chi connectivity index (χ2n) is 4.96. The van der Waals surface area contributed by atoms with Crippen molar-refractivity contribution in [3.8, 4) is 0 Å². The van der Waals surface area contributed by atoms with Gasteiger partial charge in [-0.05, 0) is 30.5 Å². The van der Waals surface area contributed by atoms with Gasteiger partial charge in [0.1, 0.15) is 11.6 Å². The molecule has 0 heterocycles. The molecule has 0 amide bonds. The summed E-state index contributed by atoms with van der Waals surface area (Å²) in [7, 11) is 0. The fourth-order valence-electron chi connectivity index (χ4n) is 1.83. The van der Waals surface area contributed by atoms with Crippen molar-refractivity contribution in [3.63, 3.8) is 0 Å². The quantitative estimate of drug-likeness (QED) is 0.828. The monoisotopic (exact) mass is 241 g/mol. The van der Waals surface area contributed by atoms with Gasteiger partial charge in [0, 0.05) is 11.6 Å². The molecule has 1 aromatic carbocycles. The van der Waals surface area contributed by atoms with Gasteiger partial charge in [0.15, 0.2) is 0 Å². The normalized spacial score (nSPS) is 15.0. The molecule has 2 atom stereocenters. The van der Waals surface area contributed by atoms with Crippen molar-refractivity contribution in [2.75, 3.05) is 6.54 Å². The van der Waals surface area contributed by atoms with Crippen LogP contribution in [-0.2, 0) is 0 Å². The van der Waals surface area contributed by atoms with Crippen LogP contribution in [0.3, 0.4) is 0 Å². The van der Waals surface area contributed by atoms with Crippen LogP contribution in [0.2, 0.25) is 0 Å². The third-order valence-corrected chi connectivity index (χ3v) is 3.16. The van der Waals surface area contributed by atoms with Crippen LogP contribution < -0.4 is 5.32 Å². The van der Waals surface area contributed by atoms with E-state index in [0.29, 0.717) is 6.04 Å². The summed E-state index contributed by atoms with van der Waals surface area (Å²) in [5, 5.41) is 3.29. The van der Waals surface area contributed by atoms with Crippen LogP contribution in [0.15, 0.2) is 18.2 Å². The maximum atomic E-state index is 13.6. The number of benzene rings is 1. The SMILES string of the molecule is CC(C)NCC(C)C(C)c1c(F)cccc1F. The second kappa shape index (κ2) is 6.10. The maximum absolute atomic E-state index is 13.6. The number of halogens is 2. The van der Waals surface area contributed by atoms with Gasteiger partial charge in [0.05, 0.1) is 0 Å². The number of hydrogen-bond donors (Lipinski definition) is 1. The van der Waals surface area contributed by atoms with Crippen LogP contribution in [0.4, 0.5) is 8.78 Å². The van der Waals surface area contributed by atoms with Crippen molar-refractivity contribution >= 4 is 0 Å². The van der Waals surface area contributed by atoms with Gasteiger partial charge in [0.25, 0.3) is 0 Å². The number of hydrogen-bond acceptors (Lipinski definition) is 1. The zero-order valence-electron chi connectivity index (χ0n) is 10.9. The van der Waals surface area contributed by atoms with E-state index in [1.54, 1.807) is 0 Å². The zero-order valence-corrected chi connectivity index (χ0v) is 10.9. The first-order chi connectivity index (χ1) is 7.93. The molecule has 1 rings (SSSR count). The van der Waals surface area contributed by atoms with Crippen molar-refractivity contribution in [3.05, 3.63) is 35.4 Å². The van der Waals surface area contributed by atoms with E-state index in [2.05, 4.69) is 19.2 Å². The fraction of sp³-hybridized carbons (Fsp3) is 0.571. The Kier molecular flexibility index (Phi) is 5.06. The van der Waals surface area contributed by atoms with E-state index >= 15 is 0 Å². The number of rotatable bonds is 5. The van der Waals surface area contributed by atoms with Gasteiger partial charge in [0.2, 0.25) is 0 Å². The molecular formula is C14H21F2N. The minimum absolute atomic E-state index is 0.137. The highest BCUT2D eigenvalue weighted by Gasteiger charge is 2.21. The highest BCUT2D eigenvalue weighted by Crippen LogP contribution is 2.28.